The largest absolute Gasteiger partial charge is 0.328 e. The topological polar surface area (TPSA) is 58.4 Å². The van der Waals surface area contributed by atoms with E-state index in [1.807, 2.05) is 26.1 Å². The molecule has 0 saturated heterocycles. The average Bonchev–Trinajstić information content (AvgIpc) is 2.42. The van der Waals surface area contributed by atoms with E-state index in [4.69, 9.17) is 17.3 Å². The number of rotatable bonds is 4. The monoisotopic (exact) mass is 309 g/mol. The fourth-order valence-electron chi connectivity index (χ4n) is 2.86. The molecule has 2 rings (SSSR count). The summed E-state index contributed by atoms with van der Waals surface area (Å²) in [5.74, 6) is 0.0118. The number of amides is 1. The maximum Gasteiger partial charge on any atom is 0.238 e. The van der Waals surface area contributed by atoms with E-state index in [0.29, 0.717) is 23.7 Å². The number of likely N-dealkylation sites (N-methyl/N-ethyl adjacent to an activating group) is 1. The number of nitrogens with zero attached hydrogens (tertiary/aromatic N) is 1. The molecule has 0 heterocycles. The smallest absolute Gasteiger partial charge is 0.238 e. The number of hydrogen-bond acceptors (Lipinski definition) is 3. The highest BCUT2D eigenvalue weighted by atomic mass is 35.5. The van der Waals surface area contributed by atoms with Crippen molar-refractivity contribution in [2.75, 3.05) is 18.9 Å². The third kappa shape index (κ3) is 4.70. The van der Waals surface area contributed by atoms with Gasteiger partial charge in [-0.3, -0.25) is 9.69 Å². The number of anilines is 1. The molecule has 3 N–H and O–H groups in total. The summed E-state index contributed by atoms with van der Waals surface area (Å²) < 4.78 is 0. The summed E-state index contributed by atoms with van der Waals surface area (Å²) in [4.78, 5) is 14.3. The molecule has 4 nitrogen and oxygen atoms in total. The van der Waals surface area contributed by atoms with Crippen LogP contribution in [0.2, 0.25) is 5.02 Å². The van der Waals surface area contributed by atoms with Gasteiger partial charge < -0.3 is 11.1 Å². The number of hydrogen-bond donors (Lipinski definition) is 2. The van der Waals surface area contributed by atoms with Gasteiger partial charge in [0, 0.05) is 22.8 Å². The molecule has 0 aromatic heterocycles. The number of nitrogens with two attached hydrogens (primary N) is 1. The van der Waals surface area contributed by atoms with Crippen molar-refractivity contribution < 1.29 is 4.79 Å². The van der Waals surface area contributed by atoms with Crippen LogP contribution in [0.5, 0.6) is 0 Å². The van der Waals surface area contributed by atoms with Gasteiger partial charge in [0.15, 0.2) is 0 Å². The van der Waals surface area contributed by atoms with Crippen LogP contribution in [0.4, 0.5) is 5.69 Å². The van der Waals surface area contributed by atoms with Crippen molar-refractivity contribution in [3.05, 3.63) is 28.8 Å². The van der Waals surface area contributed by atoms with Gasteiger partial charge in [-0.1, -0.05) is 11.6 Å². The summed E-state index contributed by atoms with van der Waals surface area (Å²) in [5.41, 5.74) is 7.72. The quantitative estimate of drug-likeness (QED) is 0.899. The van der Waals surface area contributed by atoms with Crippen molar-refractivity contribution in [1.82, 2.24) is 4.90 Å². The zero-order valence-corrected chi connectivity index (χ0v) is 13.5. The van der Waals surface area contributed by atoms with Crippen LogP contribution in [0, 0.1) is 6.92 Å². The summed E-state index contributed by atoms with van der Waals surface area (Å²) >= 11 is 5.92. The normalized spacial score (nSPS) is 22.3. The highest BCUT2D eigenvalue weighted by Crippen LogP contribution is 2.22. The lowest BCUT2D eigenvalue weighted by Crippen LogP contribution is -2.42. The third-order valence-corrected chi connectivity index (χ3v) is 4.46. The SMILES string of the molecule is Cc1cc(Cl)ccc1NC(=O)CN(C)C1CCC(N)CC1. The second-order valence-corrected chi connectivity index (χ2v) is 6.43. The summed E-state index contributed by atoms with van der Waals surface area (Å²) in [6.45, 7) is 2.34. The number of carbonyl (C=O) groups excluding carboxylic acids is 1. The van der Waals surface area contributed by atoms with Gasteiger partial charge in [-0.05, 0) is 63.4 Å². The number of nitrogens with one attached hydrogen (secondary N) is 1. The lowest BCUT2D eigenvalue weighted by Gasteiger charge is -2.33. The van der Waals surface area contributed by atoms with Crippen LogP contribution in [-0.2, 0) is 4.79 Å². The third-order valence-electron chi connectivity index (χ3n) is 4.22. The Kier molecular flexibility index (Phi) is 5.62. The molecule has 0 atom stereocenters. The number of aryl methyl sites for hydroxylation is 1. The van der Waals surface area contributed by atoms with Gasteiger partial charge in [0.05, 0.1) is 6.54 Å². The van der Waals surface area contributed by atoms with E-state index in [2.05, 4.69) is 10.2 Å². The molecule has 0 radical (unpaired) electrons. The van der Waals surface area contributed by atoms with Crippen molar-refractivity contribution in [1.29, 1.82) is 0 Å². The molecule has 0 bridgehead atoms. The Labute approximate surface area is 131 Å². The first-order chi connectivity index (χ1) is 9.95. The van der Waals surface area contributed by atoms with Crippen molar-refractivity contribution in [2.45, 2.75) is 44.7 Å². The molecule has 1 aromatic carbocycles. The lowest BCUT2D eigenvalue weighted by molar-refractivity contribution is -0.117. The Balaban J connectivity index is 1.86. The number of benzene rings is 1. The van der Waals surface area contributed by atoms with Crippen LogP contribution >= 0.6 is 11.6 Å². The van der Waals surface area contributed by atoms with E-state index in [0.717, 1.165) is 36.9 Å². The van der Waals surface area contributed by atoms with Crippen molar-refractivity contribution in [2.24, 2.45) is 5.73 Å². The molecule has 1 amide bonds. The maximum atomic E-state index is 12.2. The van der Waals surface area contributed by atoms with Gasteiger partial charge in [-0.2, -0.15) is 0 Å². The summed E-state index contributed by atoms with van der Waals surface area (Å²) in [7, 11) is 2.01. The highest BCUT2D eigenvalue weighted by molar-refractivity contribution is 6.30. The number of carbonyl (C=O) groups is 1. The Morgan fingerprint density at radius 2 is 2.05 bits per heavy atom. The minimum Gasteiger partial charge on any atom is -0.328 e. The van der Waals surface area contributed by atoms with E-state index in [1.165, 1.54) is 0 Å². The van der Waals surface area contributed by atoms with Crippen LogP contribution < -0.4 is 11.1 Å². The van der Waals surface area contributed by atoms with Gasteiger partial charge in [-0.25, -0.2) is 0 Å². The highest BCUT2D eigenvalue weighted by Gasteiger charge is 2.23. The summed E-state index contributed by atoms with van der Waals surface area (Å²) in [5, 5.41) is 3.63. The average molecular weight is 310 g/mol. The molecule has 0 unspecified atom stereocenters. The van der Waals surface area contributed by atoms with Gasteiger partial charge in [-0.15, -0.1) is 0 Å². The maximum absolute atomic E-state index is 12.2. The molecule has 5 heteroatoms. The standard InChI is InChI=1S/C16H24ClN3O/c1-11-9-12(17)3-8-15(11)19-16(21)10-20(2)14-6-4-13(18)5-7-14/h3,8-9,13-14H,4-7,10,18H2,1-2H3,(H,19,21). The second-order valence-electron chi connectivity index (χ2n) is 5.99. The predicted octanol–water partition coefficient (Wildman–Crippen LogP) is 2.79. The van der Waals surface area contributed by atoms with Crippen LogP contribution in [0.3, 0.4) is 0 Å². The zero-order chi connectivity index (χ0) is 15.4. The fourth-order valence-corrected chi connectivity index (χ4v) is 3.08. The lowest BCUT2D eigenvalue weighted by atomic mass is 9.91. The first-order valence-electron chi connectivity index (χ1n) is 7.47. The van der Waals surface area contributed by atoms with Crippen LogP contribution in [0.15, 0.2) is 18.2 Å². The predicted molar refractivity (Wildman–Crippen MR) is 87.7 cm³/mol. The molecule has 1 saturated carbocycles. The Bertz CT molecular complexity index is 498. The molecular weight excluding hydrogens is 286 g/mol. The van der Waals surface area contributed by atoms with E-state index in [1.54, 1.807) is 6.07 Å². The van der Waals surface area contributed by atoms with Crippen molar-refractivity contribution in [3.8, 4) is 0 Å². The Hall–Kier alpha value is -1.10. The molecule has 1 fully saturated rings. The zero-order valence-electron chi connectivity index (χ0n) is 12.7. The Morgan fingerprint density at radius 1 is 1.38 bits per heavy atom. The van der Waals surface area contributed by atoms with Crippen molar-refractivity contribution in [3.63, 3.8) is 0 Å². The first kappa shape index (κ1) is 16.3. The fraction of sp³-hybridized carbons (Fsp3) is 0.562. The van der Waals surface area contributed by atoms with E-state index in [-0.39, 0.29) is 5.91 Å². The number of halogens is 1. The summed E-state index contributed by atoms with van der Waals surface area (Å²) in [6, 6.07) is 6.27. The van der Waals surface area contributed by atoms with Crippen LogP contribution in [0.25, 0.3) is 0 Å². The molecule has 21 heavy (non-hydrogen) atoms. The van der Waals surface area contributed by atoms with E-state index in [9.17, 15) is 4.79 Å². The molecule has 0 aliphatic heterocycles. The van der Waals surface area contributed by atoms with E-state index < -0.39 is 0 Å². The van der Waals surface area contributed by atoms with Gasteiger partial charge >= 0.3 is 0 Å². The molecule has 1 aliphatic rings. The molecular formula is C16H24ClN3O. The van der Waals surface area contributed by atoms with Crippen LogP contribution in [-0.4, -0.2) is 36.5 Å². The first-order valence-corrected chi connectivity index (χ1v) is 7.85. The van der Waals surface area contributed by atoms with Gasteiger partial charge in [0.2, 0.25) is 5.91 Å². The molecule has 1 aromatic rings. The molecule has 1 aliphatic carbocycles. The molecule has 0 spiro atoms. The molecule has 116 valence electrons. The van der Waals surface area contributed by atoms with Gasteiger partial charge in [0.1, 0.15) is 0 Å². The minimum atomic E-state index is 0.0118. The minimum absolute atomic E-state index is 0.0118. The van der Waals surface area contributed by atoms with Crippen LogP contribution in [0.1, 0.15) is 31.2 Å². The van der Waals surface area contributed by atoms with Crippen molar-refractivity contribution >= 4 is 23.2 Å². The van der Waals surface area contributed by atoms with E-state index >= 15 is 0 Å². The Morgan fingerprint density at radius 3 is 2.67 bits per heavy atom. The summed E-state index contributed by atoms with van der Waals surface area (Å²) in [6.07, 6.45) is 4.25. The van der Waals surface area contributed by atoms with Gasteiger partial charge in [0.25, 0.3) is 0 Å². The second kappa shape index (κ2) is 7.25.